The van der Waals surface area contributed by atoms with Crippen LogP contribution in [-0.2, 0) is 6.54 Å². The van der Waals surface area contributed by atoms with Crippen molar-refractivity contribution in [3.63, 3.8) is 0 Å². The van der Waals surface area contributed by atoms with Gasteiger partial charge in [-0.25, -0.2) is 0 Å². The summed E-state index contributed by atoms with van der Waals surface area (Å²) in [4.78, 5) is 0. The fourth-order valence-corrected chi connectivity index (χ4v) is 2.03. The second kappa shape index (κ2) is 7.88. The molecule has 0 saturated carbocycles. The van der Waals surface area contributed by atoms with Crippen LogP contribution in [0, 0.1) is 0 Å². The van der Waals surface area contributed by atoms with E-state index >= 15 is 0 Å². The van der Waals surface area contributed by atoms with E-state index in [9.17, 15) is 10.2 Å². The lowest BCUT2D eigenvalue weighted by Crippen LogP contribution is -2.31. The monoisotopic (exact) mass is 307 g/mol. The van der Waals surface area contributed by atoms with Gasteiger partial charge in [0.2, 0.25) is 0 Å². The number of phenolic OH excluding ortho intramolecular Hbond substituents is 1. The summed E-state index contributed by atoms with van der Waals surface area (Å²) in [6.45, 7) is 0.992. The van der Waals surface area contributed by atoms with Crippen molar-refractivity contribution in [2.45, 2.75) is 12.6 Å². The van der Waals surface area contributed by atoms with Crippen molar-refractivity contribution in [3.8, 4) is 11.5 Å². The van der Waals surface area contributed by atoms with Crippen LogP contribution in [0.15, 0.2) is 48.5 Å². The van der Waals surface area contributed by atoms with Gasteiger partial charge in [-0.05, 0) is 18.2 Å². The molecule has 0 aliphatic heterocycles. The van der Waals surface area contributed by atoms with Gasteiger partial charge in [-0.2, -0.15) is 0 Å². The fourth-order valence-electron chi connectivity index (χ4n) is 1.84. The lowest BCUT2D eigenvalue weighted by molar-refractivity contribution is 0.106. The van der Waals surface area contributed by atoms with Gasteiger partial charge in [-0.3, -0.25) is 0 Å². The van der Waals surface area contributed by atoms with Crippen LogP contribution < -0.4 is 10.1 Å². The first kappa shape index (κ1) is 15.6. The van der Waals surface area contributed by atoms with Gasteiger partial charge in [-0.15, -0.1) is 0 Å². The van der Waals surface area contributed by atoms with Crippen LogP contribution in [0.3, 0.4) is 0 Å². The second-order valence-corrected chi connectivity index (χ2v) is 5.06. The zero-order valence-electron chi connectivity index (χ0n) is 11.5. The second-order valence-electron chi connectivity index (χ2n) is 4.65. The molecule has 2 aromatic carbocycles. The molecule has 21 heavy (non-hydrogen) atoms. The molecule has 0 aromatic heterocycles. The van der Waals surface area contributed by atoms with E-state index in [1.54, 1.807) is 24.3 Å². The SMILES string of the molecule is Oc1ccccc1CNCC(O)COc1ccccc1Cl. The Balaban J connectivity index is 1.72. The molecule has 0 heterocycles. The molecule has 112 valence electrons. The van der Waals surface area contributed by atoms with E-state index in [1.165, 1.54) is 0 Å². The third kappa shape index (κ3) is 4.93. The van der Waals surface area contributed by atoms with E-state index in [2.05, 4.69) is 5.32 Å². The van der Waals surface area contributed by atoms with Crippen molar-refractivity contribution in [1.29, 1.82) is 0 Å². The first-order chi connectivity index (χ1) is 10.2. The number of hydrogen-bond acceptors (Lipinski definition) is 4. The fraction of sp³-hybridized carbons (Fsp3) is 0.250. The standard InChI is InChI=1S/C16H18ClNO3/c17-14-6-2-4-8-16(14)21-11-13(19)10-18-9-12-5-1-3-7-15(12)20/h1-8,13,18-20H,9-11H2. The quantitative estimate of drug-likeness (QED) is 0.736. The number of benzene rings is 2. The Hall–Kier alpha value is -1.75. The number of rotatable bonds is 7. The van der Waals surface area contributed by atoms with Crippen LogP contribution in [0.1, 0.15) is 5.56 Å². The Bertz CT molecular complexity index is 577. The van der Waals surface area contributed by atoms with Crippen LogP contribution in [0.5, 0.6) is 11.5 Å². The number of aliphatic hydroxyl groups is 1. The summed E-state index contributed by atoms with van der Waals surface area (Å²) < 4.78 is 5.45. The number of aromatic hydroxyl groups is 1. The molecule has 0 aliphatic rings. The van der Waals surface area contributed by atoms with Crippen LogP contribution in [0.25, 0.3) is 0 Å². The number of halogens is 1. The number of para-hydroxylation sites is 2. The highest BCUT2D eigenvalue weighted by atomic mass is 35.5. The molecule has 4 nitrogen and oxygen atoms in total. The summed E-state index contributed by atoms with van der Waals surface area (Å²) in [5, 5.41) is 23.1. The van der Waals surface area contributed by atoms with Crippen molar-refractivity contribution in [2.75, 3.05) is 13.2 Å². The van der Waals surface area contributed by atoms with Gasteiger partial charge in [0.1, 0.15) is 24.2 Å². The summed E-state index contributed by atoms with van der Waals surface area (Å²) in [5.41, 5.74) is 0.789. The van der Waals surface area contributed by atoms with Crippen LogP contribution >= 0.6 is 11.6 Å². The van der Waals surface area contributed by atoms with Crippen molar-refractivity contribution in [1.82, 2.24) is 5.32 Å². The molecule has 0 aliphatic carbocycles. The molecular weight excluding hydrogens is 290 g/mol. The Morgan fingerprint density at radius 3 is 2.57 bits per heavy atom. The van der Waals surface area contributed by atoms with Gasteiger partial charge in [-0.1, -0.05) is 41.9 Å². The molecule has 0 bridgehead atoms. The highest BCUT2D eigenvalue weighted by Crippen LogP contribution is 2.23. The summed E-state index contributed by atoms with van der Waals surface area (Å²) in [7, 11) is 0. The molecule has 2 rings (SSSR count). The lowest BCUT2D eigenvalue weighted by atomic mass is 10.2. The molecule has 0 saturated heterocycles. The average Bonchev–Trinajstić information content (AvgIpc) is 2.48. The van der Waals surface area contributed by atoms with Gasteiger partial charge in [0.25, 0.3) is 0 Å². The van der Waals surface area contributed by atoms with Crippen molar-refractivity contribution >= 4 is 11.6 Å². The highest BCUT2D eigenvalue weighted by molar-refractivity contribution is 6.32. The largest absolute Gasteiger partial charge is 0.508 e. The molecule has 2 aromatic rings. The Morgan fingerprint density at radius 2 is 1.81 bits per heavy atom. The summed E-state index contributed by atoms with van der Waals surface area (Å²) in [6.07, 6.45) is -0.660. The molecule has 1 atom stereocenters. The van der Waals surface area contributed by atoms with E-state index in [4.69, 9.17) is 16.3 Å². The molecular formula is C16H18ClNO3. The van der Waals surface area contributed by atoms with Crippen LogP contribution in [0.4, 0.5) is 0 Å². The van der Waals surface area contributed by atoms with Crippen LogP contribution in [0.2, 0.25) is 5.02 Å². The Labute approximate surface area is 129 Å². The van der Waals surface area contributed by atoms with E-state index < -0.39 is 6.10 Å². The predicted molar refractivity (Wildman–Crippen MR) is 82.8 cm³/mol. The van der Waals surface area contributed by atoms with Crippen molar-refractivity contribution in [3.05, 3.63) is 59.1 Å². The third-order valence-corrected chi connectivity index (χ3v) is 3.27. The first-order valence-corrected chi connectivity index (χ1v) is 7.07. The number of hydrogen-bond donors (Lipinski definition) is 3. The molecule has 0 fully saturated rings. The van der Waals surface area contributed by atoms with Crippen LogP contribution in [-0.4, -0.2) is 29.5 Å². The molecule has 0 amide bonds. The Morgan fingerprint density at radius 1 is 1.10 bits per heavy atom. The Kier molecular flexibility index (Phi) is 5.87. The maximum atomic E-state index is 9.86. The molecule has 0 spiro atoms. The number of ether oxygens (including phenoxy) is 1. The minimum Gasteiger partial charge on any atom is -0.508 e. The highest BCUT2D eigenvalue weighted by Gasteiger charge is 2.07. The molecule has 3 N–H and O–H groups in total. The topological polar surface area (TPSA) is 61.7 Å². The maximum Gasteiger partial charge on any atom is 0.138 e. The first-order valence-electron chi connectivity index (χ1n) is 6.70. The van der Waals surface area contributed by atoms with Crippen molar-refractivity contribution in [2.24, 2.45) is 0 Å². The van der Waals surface area contributed by atoms with Gasteiger partial charge >= 0.3 is 0 Å². The van der Waals surface area contributed by atoms with Gasteiger partial charge in [0, 0.05) is 18.7 Å². The minimum absolute atomic E-state index is 0.150. The summed E-state index contributed by atoms with van der Waals surface area (Å²) >= 11 is 5.96. The average molecular weight is 308 g/mol. The van der Waals surface area contributed by atoms with Gasteiger partial charge in [0.15, 0.2) is 0 Å². The number of phenols is 1. The zero-order valence-corrected chi connectivity index (χ0v) is 12.3. The van der Waals surface area contributed by atoms with Crippen molar-refractivity contribution < 1.29 is 14.9 Å². The zero-order chi connectivity index (χ0) is 15.1. The predicted octanol–water partition coefficient (Wildman–Crippen LogP) is 2.58. The van der Waals surface area contributed by atoms with E-state index in [0.29, 0.717) is 23.9 Å². The van der Waals surface area contributed by atoms with Gasteiger partial charge < -0.3 is 20.3 Å². The number of nitrogens with one attached hydrogen (secondary N) is 1. The minimum atomic E-state index is -0.660. The third-order valence-electron chi connectivity index (χ3n) is 2.95. The summed E-state index contributed by atoms with van der Waals surface area (Å²) in [5.74, 6) is 0.797. The summed E-state index contributed by atoms with van der Waals surface area (Å²) in [6, 6.07) is 14.2. The van der Waals surface area contributed by atoms with E-state index in [1.807, 2.05) is 24.3 Å². The molecule has 5 heteroatoms. The van der Waals surface area contributed by atoms with E-state index in [-0.39, 0.29) is 12.4 Å². The normalized spacial score (nSPS) is 12.1. The molecule has 0 radical (unpaired) electrons. The van der Waals surface area contributed by atoms with Gasteiger partial charge in [0.05, 0.1) is 5.02 Å². The smallest absolute Gasteiger partial charge is 0.138 e. The maximum absolute atomic E-state index is 9.86. The lowest BCUT2D eigenvalue weighted by Gasteiger charge is -2.14. The number of aliphatic hydroxyl groups excluding tert-OH is 1. The van der Waals surface area contributed by atoms with E-state index in [0.717, 1.165) is 5.56 Å². The molecule has 1 unspecified atom stereocenters.